The zero-order chi connectivity index (χ0) is 8.48. The van der Waals surface area contributed by atoms with Crippen molar-refractivity contribution in [1.29, 1.82) is 0 Å². The number of carbonyl (C=O) groups is 1. The van der Waals surface area contributed by atoms with Crippen LogP contribution in [-0.2, 0) is 0 Å². The van der Waals surface area contributed by atoms with E-state index < -0.39 is 11.7 Å². The smallest absolute Gasteiger partial charge is 0.407 e. The van der Waals surface area contributed by atoms with Gasteiger partial charge in [0.05, 0.1) is 12.1 Å². The minimum atomic E-state index is -0.936. The van der Waals surface area contributed by atoms with E-state index in [0.29, 0.717) is 19.4 Å². The van der Waals surface area contributed by atoms with Crippen LogP contribution in [0.3, 0.4) is 0 Å². The molecule has 2 N–H and O–H groups in total. The van der Waals surface area contributed by atoms with Gasteiger partial charge in [-0.2, -0.15) is 0 Å². The summed E-state index contributed by atoms with van der Waals surface area (Å²) in [4.78, 5) is 11.7. The lowest BCUT2D eigenvalue weighted by atomic mass is 10.0. The molecule has 4 heteroatoms. The van der Waals surface area contributed by atoms with Crippen LogP contribution >= 0.6 is 0 Å². The monoisotopic (exact) mass is 159 g/mol. The summed E-state index contributed by atoms with van der Waals surface area (Å²) in [6.07, 6.45) is 0.251. The molecular weight excluding hydrogens is 146 g/mol. The minimum Gasteiger partial charge on any atom is -0.465 e. The second kappa shape index (κ2) is 2.70. The zero-order valence-electron chi connectivity index (χ0n) is 6.58. The highest BCUT2D eigenvalue weighted by molar-refractivity contribution is 5.65. The number of carboxylic acid groups (broad SMARTS) is 1. The molecule has 4 nitrogen and oxygen atoms in total. The minimum absolute atomic E-state index is 0.263. The predicted octanol–water partition coefficient (Wildman–Crippen LogP) is 0.511. The lowest BCUT2D eigenvalue weighted by molar-refractivity contribution is 0.0453. The number of likely N-dealkylation sites (tertiary alicyclic amines) is 1. The SMILES string of the molecule is CCC1(O)CCN(C(=O)O)C1. The van der Waals surface area contributed by atoms with Gasteiger partial charge in [-0.05, 0) is 12.8 Å². The largest absolute Gasteiger partial charge is 0.465 e. The fraction of sp³-hybridized carbons (Fsp3) is 0.857. The Balaban J connectivity index is 2.53. The van der Waals surface area contributed by atoms with Crippen molar-refractivity contribution < 1.29 is 15.0 Å². The van der Waals surface area contributed by atoms with E-state index in [4.69, 9.17) is 5.11 Å². The van der Waals surface area contributed by atoms with Gasteiger partial charge in [-0.1, -0.05) is 6.92 Å². The first kappa shape index (κ1) is 8.33. The van der Waals surface area contributed by atoms with Crippen LogP contribution in [0, 0.1) is 0 Å². The molecule has 64 valence electrons. The van der Waals surface area contributed by atoms with E-state index in [2.05, 4.69) is 0 Å². The van der Waals surface area contributed by atoms with Crippen molar-refractivity contribution in [2.45, 2.75) is 25.4 Å². The molecule has 1 heterocycles. The molecule has 1 aliphatic heterocycles. The summed E-state index contributed by atoms with van der Waals surface area (Å²) in [5.74, 6) is 0. The van der Waals surface area contributed by atoms with Crippen molar-refractivity contribution >= 4 is 6.09 Å². The molecule has 11 heavy (non-hydrogen) atoms. The maximum atomic E-state index is 10.4. The molecule has 0 saturated carbocycles. The van der Waals surface area contributed by atoms with Gasteiger partial charge in [-0.3, -0.25) is 0 Å². The topological polar surface area (TPSA) is 60.8 Å². The summed E-state index contributed by atoms with van der Waals surface area (Å²) in [7, 11) is 0. The molecule has 0 aromatic carbocycles. The van der Waals surface area contributed by atoms with Gasteiger partial charge >= 0.3 is 6.09 Å². The van der Waals surface area contributed by atoms with E-state index in [9.17, 15) is 9.90 Å². The molecule has 1 atom stereocenters. The molecule has 0 bridgehead atoms. The van der Waals surface area contributed by atoms with Crippen LogP contribution in [0.15, 0.2) is 0 Å². The summed E-state index contributed by atoms with van der Waals surface area (Å²) in [5.41, 5.74) is -0.765. The summed E-state index contributed by atoms with van der Waals surface area (Å²) in [6, 6.07) is 0. The third kappa shape index (κ3) is 1.63. The first-order valence-electron chi connectivity index (χ1n) is 3.78. The van der Waals surface area contributed by atoms with Crippen LogP contribution in [0.1, 0.15) is 19.8 Å². The normalized spacial score (nSPS) is 30.9. The van der Waals surface area contributed by atoms with Gasteiger partial charge in [-0.25, -0.2) is 4.79 Å². The van der Waals surface area contributed by atoms with Gasteiger partial charge < -0.3 is 15.1 Å². The fourth-order valence-electron chi connectivity index (χ4n) is 1.31. The summed E-state index contributed by atoms with van der Waals surface area (Å²) >= 11 is 0. The third-order valence-electron chi connectivity index (χ3n) is 2.26. The highest BCUT2D eigenvalue weighted by Crippen LogP contribution is 2.23. The molecule has 1 amide bonds. The molecule has 0 radical (unpaired) electrons. The average Bonchev–Trinajstić information content (AvgIpc) is 2.33. The van der Waals surface area contributed by atoms with Crippen LogP contribution < -0.4 is 0 Å². The standard InChI is InChI=1S/C7H13NO3/c1-2-7(11)3-4-8(5-7)6(9)10/h11H,2-5H2,1H3,(H,9,10). The Morgan fingerprint density at radius 1 is 1.73 bits per heavy atom. The Labute approximate surface area is 65.4 Å². The van der Waals surface area contributed by atoms with Gasteiger partial charge in [0.1, 0.15) is 0 Å². The quantitative estimate of drug-likeness (QED) is 0.586. The number of hydrogen-bond donors (Lipinski definition) is 2. The van der Waals surface area contributed by atoms with E-state index >= 15 is 0 Å². The van der Waals surface area contributed by atoms with Crippen LogP contribution in [-0.4, -0.2) is 39.9 Å². The Morgan fingerprint density at radius 2 is 2.36 bits per heavy atom. The Hall–Kier alpha value is -0.770. The van der Waals surface area contributed by atoms with Crippen LogP contribution in [0.5, 0.6) is 0 Å². The van der Waals surface area contributed by atoms with E-state index in [1.807, 2.05) is 6.92 Å². The molecule has 0 spiro atoms. The third-order valence-corrected chi connectivity index (χ3v) is 2.26. The second-order valence-corrected chi connectivity index (χ2v) is 3.03. The van der Waals surface area contributed by atoms with E-state index in [1.54, 1.807) is 0 Å². The predicted molar refractivity (Wildman–Crippen MR) is 39.5 cm³/mol. The average molecular weight is 159 g/mol. The molecule has 1 rings (SSSR count). The Kier molecular flexibility index (Phi) is 2.04. The van der Waals surface area contributed by atoms with E-state index in [-0.39, 0.29) is 6.54 Å². The lowest BCUT2D eigenvalue weighted by Crippen LogP contribution is -2.34. The molecule has 1 fully saturated rings. The number of nitrogens with zero attached hydrogens (tertiary/aromatic N) is 1. The lowest BCUT2D eigenvalue weighted by Gasteiger charge is -2.19. The van der Waals surface area contributed by atoms with Gasteiger partial charge in [-0.15, -0.1) is 0 Å². The molecular formula is C7H13NO3. The molecule has 0 aliphatic carbocycles. The first-order valence-corrected chi connectivity index (χ1v) is 3.78. The highest BCUT2D eigenvalue weighted by atomic mass is 16.4. The van der Waals surface area contributed by atoms with Crippen molar-refractivity contribution in [2.75, 3.05) is 13.1 Å². The highest BCUT2D eigenvalue weighted by Gasteiger charge is 2.36. The van der Waals surface area contributed by atoms with Crippen molar-refractivity contribution in [3.63, 3.8) is 0 Å². The second-order valence-electron chi connectivity index (χ2n) is 3.03. The number of amides is 1. The van der Waals surface area contributed by atoms with Crippen LogP contribution in [0.4, 0.5) is 4.79 Å². The van der Waals surface area contributed by atoms with Crippen LogP contribution in [0.2, 0.25) is 0 Å². The van der Waals surface area contributed by atoms with Gasteiger partial charge in [0, 0.05) is 6.54 Å². The summed E-state index contributed by atoms with van der Waals surface area (Å²) < 4.78 is 0. The van der Waals surface area contributed by atoms with Crippen molar-refractivity contribution in [1.82, 2.24) is 4.90 Å². The maximum Gasteiger partial charge on any atom is 0.407 e. The number of β-amino-alcohol motifs (C(OH)–C–C–N with tert-alkyl or cyclic N) is 1. The van der Waals surface area contributed by atoms with Crippen molar-refractivity contribution in [3.05, 3.63) is 0 Å². The van der Waals surface area contributed by atoms with Crippen LogP contribution in [0.25, 0.3) is 0 Å². The molecule has 1 unspecified atom stereocenters. The first-order chi connectivity index (χ1) is 5.07. The van der Waals surface area contributed by atoms with Gasteiger partial charge in [0.2, 0.25) is 0 Å². The Bertz CT molecular complexity index is 171. The molecule has 0 aromatic rings. The van der Waals surface area contributed by atoms with Gasteiger partial charge in [0.15, 0.2) is 0 Å². The number of hydrogen-bond acceptors (Lipinski definition) is 2. The maximum absolute atomic E-state index is 10.4. The molecule has 1 saturated heterocycles. The fourth-order valence-corrected chi connectivity index (χ4v) is 1.31. The molecule has 1 aliphatic rings. The van der Waals surface area contributed by atoms with E-state index in [0.717, 1.165) is 0 Å². The number of aliphatic hydroxyl groups is 1. The van der Waals surface area contributed by atoms with E-state index in [1.165, 1.54) is 4.90 Å². The van der Waals surface area contributed by atoms with Gasteiger partial charge in [0.25, 0.3) is 0 Å². The summed E-state index contributed by atoms with van der Waals surface area (Å²) in [6.45, 7) is 2.59. The zero-order valence-corrected chi connectivity index (χ0v) is 6.58. The Morgan fingerprint density at radius 3 is 2.64 bits per heavy atom. The summed E-state index contributed by atoms with van der Waals surface area (Å²) in [5, 5.41) is 18.2. The van der Waals surface area contributed by atoms with Crippen molar-refractivity contribution in [2.24, 2.45) is 0 Å². The number of rotatable bonds is 1. The molecule has 0 aromatic heterocycles. The van der Waals surface area contributed by atoms with Crippen molar-refractivity contribution in [3.8, 4) is 0 Å².